The van der Waals surface area contributed by atoms with E-state index in [0.717, 1.165) is 17.7 Å². The Labute approximate surface area is 191 Å². The lowest BCUT2D eigenvalue weighted by Crippen LogP contribution is -2.87. The Kier molecular flexibility index (Phi) is 3.45. The summed E-state index contributed by atoms with van der Waals surface area (Å²) < 4.78 is 18.3. The molecule has 0 amide bonds. The summed E-state index contributed by atoms with van der Waals surface area (Å²) >= 11 is 0. The fourth-order valence-corrected chi connectivity index (χ4v) is 8.22. The zero-order valence-electron chi connectivity index (χ0n) is 18.5. The second kappa shape index (κ2) is 5.67. The van der Waals surface area contributed by atoms with Gasteiger partial charge in [-0.1, -0.05) is 12.1 Å². The number of nitriles is 4. The van der Waals surface area contributed by atoms with Crippen molar-refractivity contribution in [2.45, 2.75) is 36.0 Å². The number of methoxy groups -OCH3 is 2. The third-order valence-electron chi connectivity index (χ3n) is 9.39. The molecule has 0 N–H and O–H groups in total. The molecule has 1 saturated heterocycles. The van der Waals surface area contributed by atoms with Crippen molar-refractivity contribution in [3.8, 4) is 35.8 Å². The van der Waals surface area contributed by atoms with E-state index >= 15 is 0 Å². The first-order chi connectivity index (χ1) is 15.9. The van der Waals surface area contributed by atoms with E-state index in [1.54, 1.807) is 13.2 Å². The molecule has 1 aromatic carbocycles. The minimum Gasteiger partial charge on any atom is -0.493 e. The van der Waals surface area contributed by atoms with E-state index in [2.05, 4.69) is 29.2 Å². The first-order valence-electron chi connectivity index (χ1n) is 10.9. The molecule has 1 aromatic rings. The van der Waals surface area contributed by atoms with Crippen LogP contribution < -0.4 is 9.47 Å². The van der Waals surface area contributed by atoms with Gasteiger partial charge >= 0.3 is 0 Å². The number of nitrogens with zero attached hydrogens (tertiary/aromatic N) is 5. The molecule has 2 aliphatic heterocycles. The highest BCUT2D eigenvalue weighted by atomic mass is 16.6. The monoisotopic (exact) mass is 439 g/mol. The maximum absolute atomic E-state index is 10.7. The summed E-state index contributed by atoms with van der Waals surface area (Å²) in [6, 6.07) is 12.3. The normalized spacial score (nSPS) is 39.2. The van der Waals surface area contributed by atoms with Crippen molar-refractivity contribution in [1.29, 1.82) is 21.0 Å². The Hall–Kier alpha value is -3.56. The van der Waals surface area contributed by atoms with Gasteiger partial charge in [-0.2, -0.15) is 21.0 Å². The molecule has 4 aliphatic carbocycles. The average Bonchev–Trinajstić information content (AvgIpc) is 3.21. The maximum atomic E-state index is 10.7. The van der Waals surface area contributed by atoms with Crippen molar-refractivity contribution >= 4 is 0 Å². The van der Waals surface area contributed by atoms with Gasteiger partial charge in [-0.15, -0.1) is 0 Å². The van der Waals surface area contributed by atoms with E-state index in [0.29, 0.717) is 24.3 Å². The van der Waals surface area contributed by atoms with Crippen molar-refractivity contribution in [3.63, 3.8) is 0 Å². The lowest BCUT2D eigenvalue weighted by molar-refractivity contribution is -0.257. The van der Waals surface area contributed by atoms with E-state index in [-0.39, 0.29) is 6.04 Å². The number of rotatable bonds is 2. The number of hydrogen-bond donors (Lipinski definition) is 0. The van der Waals surface area contributed by atoms with Crippen LogP contribution in [0.4, 0.5) is 0 Å². The smallest absolute Gasteiger partial charge is 0.212 e. The molecule has 164 valence electrons. The predicted molar refractivity (Wildman–Crippen MR) is 112 cm³/mol. The van der Waals surface area contributed by atoms with Gasteiger partial charge in [0.15, 0.2) is 22.5 Å². The van der Waals surface area contributed by atoms with Gasteiger partial charge in [0.1, 0.15) is 6.10 Å². The van der Waals surface area contributed by atoms with Gasteiger partial charge in [-0.25, -0.2) is 0 Å². The van der Waals surface area contributed by atoms with Gasteiger partial charge < -0.3 is 19.1 Å². The van der Waals surface area contributed by atoms with Crippen molar-refractivity contribution in [2.75, 3.05) is 27.8 Å². The molecule has 6 aliphatic rings. The molecule has 2 fully saturated rings. The van der Waals surface area contributed by atoms with Crippen molar-refractivity contribution in [2.24, 2.45) is 16.2 Å². The lowest BCUT2D eigenvalue weighted by atomic mass is 9.26. The van der Waals surface area contributed by atoms with Gasteiger partial charge in [-0.3, -0.25) is 0 Å². The topological polar surface area (TPSA) is 126 Å². The van der Waals surface area contributed by atoms with Crippen LogP contribution >= 0.6 is 0 Å². The molecular formula is C25H21N5O3. The van der Waals surface area contributed by atoms with Crippen LogP contribution in [0.15, 0.2) is 24.3 Å². The van der Waals surface area contributed by atoms with Crippen LogP contribution in [0.25, 0.3) is 0 Å². The Balaban J connectivity index is 1.88. The van der Waals surface area contributed by atoms with Gasteiger partial charge in [-0.05, 0) is 44.1 Å². The number of fused-ring (bicyclic) bond motifs is 1. The Morgan fingerprint density at radius 3 is 2.33 bits per heavy atom. The average molecular weight is 439 g/mol. The standard InChI is InChI=1S/C25H21N5O3/c1-30-9-8-23-18-15-4-5-16(31-2)19(18)33-20(23)25(32-3)7-6-24(23,17(30)10-15)21(11-26,12-27)22(25,13-28)14-29/h4-7,17,20H,8-10H2,1-3H3/t17-,20-,23+,24+,25-/m1/s1. The second-order valence-corrected chi connectivity index (χ2v) is 9.70. The van der Waals surface area contributed by atoms with Gasteiger partial charge in [0.05, 0.1) is 42.2 Å². The highest BCUT2D eigenvalue weighted by Crippen LogP contribution is 2.81. The summed E-state index contributed by atoms with van der Waals surface area (Å²) in [5.74, 6) is 1.11. The number of likely N-dealkylation sites (N-methyl/N-ethyl adjacent to an activating group) is 1. The maximum Gasteiger partial charge on any atom is 0.212 e. The van der Waals surface area contributed by atoms with Crippen molar-refractivity contribution < 1.29 is 14.2 Å². The van der Waals surface area contributed by atoms with Crippen LogP contribution in [0.5, 0.6) is 11.5 Å². The summed E-state index contributed by atoms with van der Waals surface area (Å²) in [7, 11) is 4.97. The zero-order chi connectivity index (χ0) is 23.4. The second-order valence-electron chi connectivity index (χ2n) is 9.70. The van der Waals surface area contributed by atoms with Crippen LogP contribution in [0, 0.1) is 61.6 Å². The van der Waals surface area contributed by atoms with E-state index < -0.39 is 33.4 Å². The molecule has 1 saturated carbocycles. The van der Waals surface area contributed by atoms with Gasteiger partial charge in [0, 0.05) is 18.7 Å². The molecule has 0 aromatic heterocycles. The fourth-order valence-electron chi connectivity index (χ4n) is 8.22. The lowest BCUT2D eigenvalue weighted by Gasteiger charge is -2.74. The highest BCUT2D eigenvalue weighted by Gasteiger charge is 2.92. The van der Waals surface area contributed by atoms with E-state index in [1.807, 2.05) is 25.3 Å². The minimum atomic E-state index is -2.11. The van der Waals surface area contributed by atoms with Crippen LogP contribution in [0.1, 0.15) is 17.5 Å². The van der Waals surface area contributed by atoms with E-state index in [9.17, 15) is 21.0 Å². The van der Waals surface area contributed by atoms with Crippen LogP contribution in [-0.4, -0.2) is 50.5 Å². The number of likely N-dealkylation sites (tertiary alicyclic amines) is 1. The van der Waals surface area contributed by atoms with Gasteiger partial charge in [0.2, 0.25) is 5.41 Å². The Morgan fingerprint density at radius 1 is 1.03 bits per heavy atom. The summed E-state index contributed by atoms with van der Waals surface area (Å²) in [5, 5.41) is 42.6. The van der Waals surface area contributed by atoms with E-state index in [1.165, 1.54) is 7.11 Å². The zero-order valence-corrected chi connectivity index (χ0v) is 18.5. The summed E-state index contributed by atoms with van der Waals surface area (Å²) in [6.45, 7) is 0.717. The molecule has 5 atom stereocenters. The van der Waals surface area contributed by atoms with Gasteiger partial charge in [0.25, 0.3) is 0 Å². The molecule has 33 heavy (non-hydrogen) atoms. The molecule has 8 heteroatoms. The fraction of sp³-hybridized carbons (Fsp3) is 0.520. The molecule has 0 radical (unpaired) electrons. The molecular weight excluding hydrogens is 418 g/mol. The summed E-state index contributed by atoms with van der Waals surface area (Å²) in [6.07, 6.45) is 4.02. The third kappa shape index (κ3) is 1.49. The minimum absolute atomic E-state index is 0.282. The number of hydrogen-bond acceptors (Lipinski definition) is 8. The van der Waals surface area contributed by atoms with Crippen molar-refractivity contribution in [3.05, 3.63) is 35.4 Å². The molecule has 4 bridgehead atoms. The number of ether oxygens (including phenoxy) is 3. The Morgan fingerprint density at radius 2 is 1.73 bits per heavy atom. The molecule has 7 rings (SSSR count). The molecule has 2 spiro atoms. The quantitative estimate of drug-likeness (QED) is 0.640. The first kappa shape index (κ1) is 20.1. The SMILES string of the molecule is COc1ccc2c3c1O[C@@H]1[C@]34CCN(C)[C@H](C2)[C@]42C=C[C@]1(OC)C(C#N)(C#N)C2(C#N)C#N. The first-order valence-corrected chi connectivity index (χ1v) is 10.9. The van der Waals surface area contributed by atoms with Crippen LogP contribution in [-0.2, 0) is 16.6 Å². The van der Waals surface area contributed by atoms with Crippen molar-refractivity contribution in [1.82, 2.24) is 4.90 Å². The summed E-state index contributed by atoms with van der Waals surface area (Å²) in [4.78, 5) is 2.16. The number of piperidine rings is 1. The van der Waals surface area contributed by atoms with Crippen LogP contribution in [0.2, 0.25) is 0 Å². The molecule has 0 unspecified atom stereocenters. The van der Waals surface area contributed by atoms with E-state index in [4.69, 9.17) is 14.2 Å². The predicted octanol–water partition coefficient (Wildman–Crippen LogP) is 1.98. The Bertz CT molecular complexity index is 1300. The summed E-state index contributed by atoms with van der Waals surface area (Å²) in [5.41, 5.74) is -5.69. The highest BCUT2D eigenvalue weighted by molar-refractivity contribution is 5.70. The third-order valence-corrected chi connectivity index (χ3v) is 9.39. The molecule has 2 heterocycles. The van der Waals surface area contributed by atoms with Crippen LogP contribution in [0.3, 0.4) is 0 Å². The number of benzene rings is 1. The molecule has 8 nitrogen and oxygen atoms in total. The largest absolute Gasteiger partial charge is 0.493 e.